The summed E-state index contributed by atoms with van der Waals surface area (Å²) in [4.78, 5) is 0. The maximum absolute atomic E-state index is 5.73. The van der Waals surface area contributed by atoms with Gasteiger partial charge in [-0.05, 0) is 28.8 Å². The van der Waals surface area contributed by atoms with Gasteiger partial charge in [0, 0.05) is 7.11 Å². The van der Waals surface area contributed by atoms with Gasteiger partial charge >= 0.3 is 0 Å². The fraction of sp³-hybridized carbons (Fsp3) is 0.294. The fourth-order valence-corrected chi connectivity index (χ4v) is 1.98. The van der Waals surface area contributed by atoms with Crippen LogP contribution in [0, 0.1) is 0 Å². The molecule has 0 atom stereocenters. The highest BCUT2D eigenvalue weighted by Crippen LogP contribution is 2.13. The highest BCUT2D eigenvalue weighted by Gasteiger charge is 1.98. The van der Waals surface area contributed by atoms with Crippen LogP contribution in [-0.4, -0.2) is 14.2 Å². The van der Waals surface area contributed by atoms with Crippen molar-refractivity contribution in [3.05, 3.63) is 65.2 Å². The SMILES string of the molecule is COCc1cccc(COCc2ccc(OC)cc2)c1. The summed E-state index contributed by atoms with van der Waals surface area (Å²) in [7, 11) is 3.37. The number of hydrogen-bond donors (Lipinski definition) is 0. The van der Waals surface area contributed by atoms with Crippen molar-refractivity contribution in [2.75, 3.05) is 14.2 Å². The van der Waals surface area contributed by atoms with E-state index in [1.807, 2.05) is 30.3 Å². The van der Waals surface area contributed by atoms with Crippen LogP contribution in [0.4, 0.5) is 0 Å². The Morgan fingerprint density at radius 3 is 2.05 bits per heavy atom. The van der Waals surface area contributed by atoms with E-state index in [4.69, 9.17) is 14.2 Å². The maximum Gasteiger partial charge on any atom is 0.118 e. The van der Waals surface area contributed by atoms with Crippen molar-refractivity contribution in [1.29, 1.82) is 0 Å². The second-order valence-corrected chi connectivity index (χ2v) is 4.59. The van der Waals surface area contributed by atoms with Gasteiger partial charge in [-0.25, -0.2) is 0 Å². The molecule has 2 aromatic rings. The van der Waals surface area contributed by atoms with Gasteiger partial charge in [0.15, 0.2) is 0 Å². The first kappa shape index (κ1) is 14.6. The molecule has 0 aliphatic carbocycles. The zero-order valence-corrected chi connectivity index (χ0v) is 12.0. The average molecular weight is 272 g/mol. The van der Waals surface area contributed by atoms with Crippen molar-refractivity contribution in [2.24, 2.45) is 0 Å². The molecule has 0 aliphatic rings. The van der Waals surface area contributed by atoms with Crippen LogP contribution in [0.15, 0.2) is 48.5 Å². The number of ether oxygens (including phenoxy) is 3. The van der Waals surface area contributed by atoms with Gasteiger partial charge in [0.2, 0.25) is 0 Å². The number of benzene rings is 2. The third kappa shape index (κ3) is 4.37. The van der Waals surface area contributed by atoms with Crippen molar-refractivity contribution in [2.45, 2.75) is 19.8 Å². The third-order valence-electron chi connectivity index (χ3n) is 3.00. The van der Waals surface area contributed by atoms with Gasteiger partial charge in [-0.2, -0.15) is 0 Å². The molecule has 20 heavy (non-hydrogen) atoms. The monoisotopic (exact) mass is 272 g/mol. The predicted octanol–water partition coefficient (Wildman–Crippen LogP) is 3.56. The van der Waals surface area contributed by atoms with E-state index in [9.17, 15) is 0 Å². The molecule has 2 rings (SSSR count). The standard InChI is InChI=1S/C17H20O3/c1-18-11-15-4-3-5-16(10-15)13-20-12-14-6-8-17(19-2)9-7-14/h3-10H,11-13H2,1-2H3. The minimum absolute atomic E-state index is 0.596. The smallest absolute Gasteiger partial charge is 0.118 e. The van der Waals surface area contributed by atoms with Crippen LogP contribution in [0.5, 0.6) is 5.75 Å². The summed E-state index contributed by atoms with van der Waals surface area (Å²) in [6.07, 6.45) is 0. The van der Waals surface area contributed by atoms with Gasteiger partial charge in [0.1, 0.15) is 5.75 Å². The number of methoxy groups -OCH3 is 2. The van der Waals surface area contributed by atoms with E-state index in [-0.39, 0.29) is 0 Å². The van der Waals surface area contributed by atoms with E-state index in [0.717, 1.165) is 22.4 Å². The lowest BCUT2D eigenvalue weighted by atomic mass is 10.1. The molecule has 0 N–H and O–H groups in total. The van der Waals surface area contributed by atoms with E-state index in [0.29, 0.717) is 19.8 Å². The molecule has 0 saturated heterocycles. The zero-order chi connectivity index (χ0) is 14.2. The van der Waals surface area contributed by atoms with Crippen LogP contribution in [0.1, 0.15) is 16.7 Å². The largest absolute Gasteiger partial charge is 0.497 e. The molecule has 0 fully saturated rings. The second-order valence-electron chi connectivity index (χ2n) is 4.59. The van der Waals surface area contributed by atoms with Crippen LogP contribution >= 0.6 is 0 Å². The molecule has 0 aliphatic heterocycles. The molecule has 0 aromatic heterocycles. The molecule has 106 valence electrons. The Bertz CT molecular complexity index is 520. The molecule has 0 bridgehead atoms. The Hall–Kier alpha value is -1.84. The first-order valence-electron chi connectivity index (χ1n) is 6.59. The first-order valence-corrected chi connectivity index (χ1v) is 6.59. The van der Waals surface area contributed by atoms with Crippen LogP contribution in [0.2, 0.25) is 0 Å². The minimum Gasteiger partial charge on any atom is -0.497 e. The molecule has 2 aromatic carbocycles. The van der Waals surface area contributed by atoms with Gasteiger partial charge in [0.25, 0.3) is 0 Å². The van der Waals surface area contributed by atoms with Crippen molar-refractivity contribution in [3.8, 4) is 5.75 Å². The van der Waals surface area contributed by atoms with Gasteiger partial charge in [0.05, 0.1) is 26.9 Å². The second kappa shape index (κ2) is 7.68. The molecule has 3 heteroatoms. The van der Waals surface area contributed by atoms with Gasteiger partial charge in [-0.3, -0.25) is 0 Å². The third-order valence-corrected chi connectivity index (χ3v) is 3.00. The number of hydrogen-bond acceptors (Lipinski definition) is 3. The molecule has 0 unspecified atom stereocenters. The van der Waals surface area contributed by atoms with Crippen LogP contribution in [0.25, 0.3) is 0 Å². The van der Waals surface area contributed by atoms with Crippen molar-refractivity contribution >= 4 is 0 Å². The minimum atomic E-state index is 0.596. The molecular formula is C17H20O3. The molecule has 0 heterocycles. The molecule has 0 spiro atoms. The topological polar surface area (TPSA) is 27.7 Å². The maximum atomic E-state index is 5.73. The van der Waals surface area contributed by atoms with Crippen LogP contribution in [-0.2, 0) is 29.3 Å². The van der Waals surface area contributed by atoms with Crippen LogP contribution in [0.3, 0.4) is 0 Å². The van der Waals surface area contributed by atoms with E-state index in [2.05, 4.69) is 18.2 Å². The van der Waals surface area contributed by atoms with E-state index in [1.165, 1.54) is 0 Å². The molecular weight excluding hydrogens is 252 g/mol. The Kier molecular flexibility index (Phi) is 5.59. The van der Waals surface area contributed by atoms with E-state index in [1.54, 1.807) is 14.2 Å². The number of rotatable bonds is 7. The summed E-state index contributed by atoms with van der Waals surface area (Å²) >= 11 is 0. The van der Waals surface area contributed by atoms with Crippen molar-refractivity contribution in [1.82, 2.24) is 0 Å². The van der Waals surface area contributed by atoms with Crippen molar-refractivity contribution in [3.63, 3.8) is 0 Å². The average Bonchev–Trinajstić information content (AvgIpc) is 2.49. The van der Waals surface area contributed by atoms with Crippen LogP contribution < -0.4 is 4.74 Å². The molecule has 3 nitrogen and oxygen atoms in total. The summed E-state index contributed by atoms with van der Waals surface area (Å²) in [5.74, 6) is 0.862. The van der Waals surface area contributed by atoms with E-state index < -0.39 is 0 Å². The van der Waals surface area contributed by atoms with Gasteiger partial charge < -0.3 is 14.2 Å². The Morgan fingerprint density at radius 1 is 0.750 bits per heavy atom. The molecule has 0 saturated carbocycles. The summed E-state index contributed by atoms with van der Waals surface area (Å²) in [6.45, 7) is 1.83. The summed E-state index contributed by atoms with van der Waals surface area (Å²) < 4.78 is 16.0. The van der Waals surface area contributed by atoms with Crippen molar-refractivity contribution < 1.29 is 14.2 Å². The summed E-state index contributed by atoms with van der Waals surface area (Å²) in [6, 6.07) is 16.2. The molecule has 0 radical (unpaired) electrons. The normalized spacial score (nSPS) is 10.5. The first-order chi connectivity index (χ1) is 9.81. The zero-order valence-electron chi connectivity index (χ0n) is 12.0. The lowest BCUT2D eigenvalue weighted by Gasteiger charge is -2.07. The lowest BCUT2D eigenvalue weighted by Crippen LogP contribution is -1.96. The highest BCUT2D eigenvalue weighted by atomic mass is 16.5. The van der Waals surface area contributed by atoms with Gasteiger partial charge in [-0.1, -0.05) is 36.4 Å². The Morgan fingerprint density at radius 2 is 1.40 bits per heavy atom. The summed E-state index contributed by atoms with van der Waals surface area (Å²) in [5, 5.41) is 0. The predicted molar refractivity (Wildman–Crippen MR) is 78.6 cm³/mol. The van der Waals surface area contributed by atoms with Gasteiger partial charge in [-0.15, -0.1) is 0 Å². The molecule has 0 amide bonds. The Balaban J connectivity index is 1.84. The quantitative estimate of drug-likeness (QED) is 0.771. The highest BCUT2D eigenvalue weighted by molar-refractivity contribution is 5.27. The fourth-order valence-electron chi connectivity index (χ4n) is 1.98. The lowest BCUT2D eigenvalue weighted by molar-refractivity contribution is 0.107. The van der Waals surface area contributed by atoms with E-state index >= 15 is 0 Å². The Labute approximate surface area is 120 Å². The summed E-state index contributed by atoms with van der Waals surface area (Å²) in [5.41, 5.74) is 3.46.